The second-order valence-corrected chi connectivity index (χ2v) is 10.3. The molecule has 2 heterocycles. The van der Waals surface area contributed by atoms with E-state index in [1.807, 2.05) is 45.0 Å². The molecule has 0 atom stereocenters. The molecule has 0 fully saturated rings. The Morgan fingerprint density at radius 1 is 1.08 bits per heavy atom. The number of anilines is 4. The highest BCUT2D eigenvalue weighted by molar-refractivity contribution is 9.10. The topological polar surface area (TPSA) is 108 Å². The average molecular weight is 553 g/mol. The van der Waals surface area contributed by atoms with Gasteiger partial charge in [-0.3, -0.25) is 4.79 Å². The van der Waals surface area contributed by atoms with Crippen LogP contribution in [0.2, 0.25) is 0 Å². The Kier molecular flexibility index (Phi) is 7.44. The third kappa shape index (κ3) is 6.12. The fraction of sp³-hybridized carbons (Fsp3) is 0.308. The number of benzene rings is 2. The predicted molar refractivity (Wildman–Crippen MR) is 143 cm³/mol. The van der Waals surface area contributed by atoms with E-state index in [0.717, 1.165) is 23.2 Å². The number of rotatable bonds is 5. The fourth-order valence-corrected chi connectivity index (χ4v) is 4.10. The summed E-state index contributed by atoms with van der Waals surface area (Å²) in [6.45, 7) is 6.71. The molecule has 0 saturated heterocycles. The van der Waals surface area contributed by atoms with E-state index < -0.39 is 5.60 Å². The van der Waals surface area contributed by atoms with Crippen molar-refractivity contribution >= 4 is 51.1 Å². The molecule has 36 heavy (non-hydrogen) atoms. The van der Waals surface area contributed by atoms with Crippen molar-refractivity contribution in [2.24, 2.45) is 0 Å². The molecular formula is C26H29BrN6O3. The quantitative estimate of drug-likeness (QED) is 0.390. The second kappa shape index (κ2) is 10.5. The number of hydrogen-bond donors (Lipinski definition) is 3. The summed E-state index contributed by atoms with van der Waals surface area (Å²) in [6.07, 6.45) is 2.09. The lowest BCUT2D eigenvalue weighted by molar-refractivity contribution is 0.0224. The summed E-state index contributed by atoms with van der Waals surface area (Å²) in [4.78, 5) is 35.3. The zero-order valence-electron chi connectivity index (χ0n) is 20.7. The van der Waals surface area contributed by atoms with Crippen molar-refractivity contribution in [2.75, 3.05) is 24.2 Å². The highest BCUT2D eigenvalue weighted by Crippen LogP contribution is 2.29. The number of para-hydroxylation sites is 1. The highest BCUT2D eigenvalue weighted by atomic mass is 79.9. The largest absolute Gasteiger partial charge is 0.444 e. The van der Waals surface area contributed by atoms with Crippen LogP contribution in [0.5, 0.6) is 0 Å². The minimum Gasteiger partial charge on any atom is -0.444 e. The molecule has 3 N–H and O–H groups in total. The van der Waals surface area contributed by atoms with Gasteiger partial charge >= 0.3 is 6.09 Å². The summed E-state index contributed by atoms with van der Waals surface area (Å²) < 4.78 is 6.17. The lowest BCUT2D eigenvalue weighted by Gasteiger charge is -2.31. The van der Waals surface area contributed by atoms with Crippen molar-refractivity contribution in [2.45, 2.75) is 39.3 Å². The Hall–Kier alpha value is -3.66. The number of aromatic nitrogens is 2. The summed E-state index contributed by atoms with van der Waals surface area (Å²) >= 11 is 3.48. The molecule has 3 aromatic rings. The van der Waals surface area contributed by atoms with Crippen LogP contribution in [0.15, 0.2) is 53.1 Å². The maximum Gasteiger partial charge on any atom is 0.410 e. The molecule has 188 valence electrons. The van der Waals surface area contributed by atoms with Gasteiger partial charge < -0.3 is 25.6 Å². The molecular weight excluding hydrogens is 524 g/mol. The minimum absolute atomic E-state index is 0.194. The van der Waals surface area contributed by atoms with Gasteiger partial charge in [-0.1, -0.05) is 18.2 Å². The van der Waals surface area contributed by atoms with E-state index in [1.54, 1.807) is 30.3 Å². The van der Waals surface area contributed by atoms with Crippen LogP contribution in [0.25, 0.3) is 0 Å². The molecule has 0 aliphatic carbocycles. The van der Waals surface area contributed by atoms with Gasteiger partial charge in [0.15, 0.2) is 0 Å². The first-order chi connectivity index (χ1) is 17.1. The molecule has 1 aromatic heterocycles. The van der Waals surface area contributed by atoms with Gasteiger partial charge in [0.05, 0.1) is 15.7 Å². The maximum absolute atomic E-state index is 12.4. The number of halogens is 1. The first-order valence-electron chi connectivity index (χ1n) is 11.6. The Morgan fingerprint density at radius 3 is 2.61 bits per heavy atom. The predicted octanol–water partition coefficient (Wildman–Crippen LogP) is 5.38. The minimum atomic E-state index is -0.520. The van der Waals surface area contributed by atoms with E-state index >= 15 is 0 Å². The Morgan fingerprint density at radius 2 is 1.86 bits per heavy atom. The van der Waals surface area contributed by atoms with Gasteiger partial charge in [0.2, 0.25) is 5.95 Å². The first kappa shape index (κ1) is 25.4. The third-order valence-electron chi connectivity index (χ3n) is 5.52. The van der Waals surface area contributed by atoms with Crippen LogP contribution in [0.4, 0.5) is 27.9 Å². The van der Waals surface area contributed by atoms with Crippen LogP contribution in [0.1, 0.15) is 42.3 Å². The van der Waals surface area contributed by atoms with Gasteiger partial charge in [-0.05, 0) is 78.5 Å². The smallest absolute Gasteiger partial charge is 0.410 e. The van der Waals surface area contributed by atoms with Crippen molar-refractivity contribution in [1.82, 2.24) is 20.2 Å². The van der Waals surface area contributed by atoms with Crippen LogP contribution in [0, 0.1) is 0 Å². The zero-order chi connectivity index (χ0) is 25.9. The lowest BCUT2D eigenvalue weighted by Crippen LogP contribution is -2.39. The number of amides is 2. The first-order valence-corrected chi connectivity index (χ1v) is 12.4. The number of nitrogens with zero attached hydrogens (tertiary/aromatic N) is 3. The maximum atomic E-state index is 12.4. The van der Waals surface area contributed by atoms with E-state index in [1.165, 1.54) is 0 Å². The van der Waals surface area contributed by atoms with E-state index in [-0.39, 0.29) is 12.0 Å². The summed E-state index contributed by atoms with van der Waals surface area (Å²) in [5.41, 5.74) is 3.71. The van der Waals surface area contributed by atoms with Gasteiger partial charge in [-0.15, -0.1) is 0 Å². The number of carbonyl (C=O) groups excluding carboxylic acids is 2. The van der Waals surface area contributed by atoms with Crippen molar-refractivity contribution < 1.29 is 14.3 Å². The van der Waals surface area contributed by atoms with Crippen LogP contribution in [-0.2, 0) is 17.7 Å². The molecule has 0 unspecified atom stereocenters. The van der Waals surface area contributed by atoms with Crippen LogP contribution in [0.3, 0.4) is 0 Å². The summed E-state index contributed by atoms with van der Waals surface area (Å²) in [7, 11) is 1.59. The standard InChI is InChI=1S/C26H29BrN6O3/c1-26(2,3)36-25(35)33-12-11-16-13-18(10-9-17(16)15-33)30-24-29-14-20(27)22(32-24)31-21-8-6-5-7-19(21)23(34)28-4/h5-10,13-14H,11-12,15H2,1-4H3,(H,28,34)(H2,29,30,31,32). The van der Waals surface area contributed by atoms with Gasteiger partial charge in [0.1, 0.15) is 11.4 Å². The van der Waals surface area contributed by atoms with Crippen LogP contribution < -0.4 is 16.0 Å². The Labute approximate surface area is 218 Å². The van der Waals surface area contributed by atoms with E-state index in [9.17, 15) is 9.59 Å². The SMILES string of the molecule is CNC(=O)c1ccccc1Nc1nc(Nc2ccc3c(c2)CCN(C(=O)OC(C)(C)C)C3)ncc1Br. The van der Waals surface area contributed by atoms with Crippen LogP contribution >= 0.6 is 15.9 Å². The molecule has 9 nitrogen and oxygen atoms in total. The van der Waals surface area contributed by atoms with Gasteiger partial charge in [-0.25, -0.2) is 9.78 Å². The summed E-state index contributed by atoms with van der Waals surface area (Å²) in [5.74, 6) is 0.736. The molecule has 4 rings (SSSR count). The molecule has 0 saturated carbocycles. The van der Waals surface area contributed by atoms with Crippen LogP contribution in [-0.4, -0.2) is 46.1 Å². The molecule has 2 aromatic carbocycles. The average Bonchev–Trinajstić information content (AvgIpc) is 2.84. The number of hydrogen-bond acceptors (Lipinski definition) is 7. The number of ether oxygens (including phenoxy) is 1. The van der Waals surface area contributed by atoms with E-state index in [2.05, 4.69) is 47.9 Å². The molecule has 1 aliphatic heterocycles. The van der Waals surface area contributed by atoms with Crippen molar-refractivity contribution in [3.05, 3.63) is 69.8 Å². The highest BCUT2D eigenvalue weighted by Gasteiger charge is 2.25. The molecule has 2 amide bonds. The van der Waals surface area contributed by atoms with Gasteiger partial charge in [0, 0.05) is 32.0 Å². The lowest BCUT2D eigenvalue weighted by atomic mass is 9.99. The number of carbonyl (C=O) groups is 2. The monoisotopic (exact) mass is 552 g/mol. The Balaban J connectivity index is 1.48. The summed E-state index contributed by atoms with van der Waals surface area (Å²) in [6, 6.07) is 13.2. The molecule has 10 heteroatoms. The number of nitrogens with one attached hydrogen (secondary N) is 3. The molecule has 0 radical (unpaired) electrons. The van der Waals surface area contributed by atoms with Crippen molar-refractivity contribution in [3.63, 3.8) is 0 Å². The molecule has 1 aliphatic rings. The molecule has 0 bridgehead atoms. The second-order valence-electron chi connectivity index (χ2n) is 9.40. The van der Waals surface area contributed by atoms with E-state index in [4.69, 9.17) is 4.74 Å². The van der Waals surface area contributed by atoms with Crippen molar-refractivity contribution in [3.8, 4) is 0 Å². The van der Waals surface area contributed by atoms with Crippen molar-refractivity contribution in [1.29, 1.82) is 0 Å². The Bertz CT molecular complexity index is 1290. The normalized spacial score (nSPS) is 13.0. The number of fused-ring (bicyclic) bond motifs is 1. The molecule has 0 spiro atoms. The zero-order valence-corrected chi connectivity index (χ0v) is 22.3. The van der Waals surface area contributed by atoms with Gasteiger partial charge in [-0.2, -0.15) is 4.98 Å². The fourth-order valence-electron chi connectivity index (χ4n) is 3.81. The summed E-state index contributed by atoms with van der Waals surface area (Å²) in [5, 5.41) is 9.11. The van der Waals surface area contributed by atoms with E-state index in [0.29, 0.717) is 40.6 Å². The van der Waals surface area contributed by atoms with Gasteiger partial charge in [0.25, 0.3) is 5.91 Å². The third-order valence-corrected chi connectivity index (χ3v) is 6.10.